The summed E-state index contributed by atoms with van der Waals surface area (Å²) in [7, 11) is -3.52. The molecule has 27 heavy (non-hydrogen) atoms. The van der Waals surface area contributed by atoms with E-state index in [4.69, 9.17) is 0 Å². The molecule has 1 aliphatic heterocycles. The molecule has 1 fully saturated rings. The summed E-state index contributed by atoms with van der Waals surface area (Å²) in [6, 6.07) is 4.89. The molecule has 0 atom stereocenters. The van der Waals surface area contributed by atoms with E-state index in [1.165, 1.54) is 4.31 Å². The second kappa shape index (κ2) is 6.54. The van der Waals surface area contributed by atoms with Gasteiger partial charge in [-0.05, 0) is 31.0 Å². The topological polar surface area (TPSA) is 121 Å². The van der Waals surface area contributed by atoms with Crippen molar-refractivity contribution in [2.45, 2.75) is 31.6 Å². The van der Waals surface area contributed by atoms with E-state index < -0.39 is 10.0 Å². The summed E-state index contributed by atoms with van der Waals surface area (Å²) >= 11 is 0. The maximum atomic E-state index is 12.8. The fraction of sp³-hybridized carbons (Fsp3) is 0.412. The van der Waals surface area contributed by atoms with Gasteiger partial charge >= 0.3 is 0 Å². The molecular weight excluding hydrogens is 368 g/mol. The number of rotatable bonds is 4. The van der Waals surface area contributed by atoms with Crippen LogP contribution >= 0.6 is 0 Å². The van der Waals surface area contributed by atoms with Gasteiger partial charge in [-0.1, -0.05) is 13.8 Å². The monoisotopic (exact) mass is 388 g/mol. The van der Waals surface area contributed by atoms with Gasteiger partial charge in [0.05, 0.1) is 4.90 Å². The van der Waals surface area contributed by atoms with Crippen LogP contribution in [-0.4, -0.2) is 51.9 Å². The van der Waals surface area contributed by atoms with Crippen LogP contribution in [0.15, 0.2) is 23.1 Å². The highest BCUT2D eigenvalue weighted by atomic mass is 32.2. The molecule has 0 bridgehead atoms. The molecule has 0 aliphatic carbocycles. The van der Waals surface area contributed by atoms with E-state index in [2.05, 4.69) is 25.5 Å². The van der Waals surface area contributed by atoms with E-state index in [9.17, 15) is 13.2 Å². The number of nitrogens with zero attached hydrogens (tertiary/aromatic N) is 4. The molecule has 1 amide bonds. The van der Waals surface area contributed by atoms with E-state index >= 15 is 0 Å². The molecule has 1 aliphatic rings. The lowest BCUT2D eigenvalue weighted by molar-refractivity contribution is -0.118. The van der Waals surface area contributed by atoms with Crippen LogP contribution in [0.4, 0.5) is 5.95 Å². The van der Waals surface area contributed by atoms with Gasteiger partial charge in [-0.25, -0.2) is 8.42 Å². The van der Waals surface area contributed by atoms with Crippen molar-refractivity contribution in [3.8, 4) is 0 Å². The Morgan fingerprint density at radius 2 is 1.96 bits per heavy atom. The number of hydrogen-bond donors (Lipinski definition) is 2. The van der Waals surface area contributed by atoms with Crippen molar-refractivity contribution in [3.05, 3.63) is 18.2 Å². The van der Waals surface area contributed by atoms with E-state index in [0.717, 1.165) is 12.8 Å². The number of aromatic amines is 1. The highest BCUT2D eigenvalue weighted by molar-refractivity contribution is 7.89. The molecule has 0 unspecified atom stereocenters. The molecule has 9 nitrogen and oxygen atoms in total. The standard InChI is InChI=1S/C17H20N6O3S/c1-10(2)16(24)20-17-19-15-14(21-22-17)12-9-11(5-6-13(12)18-15)27(25,26)23-7-3-4-8-23/h5-6,9-10H,3-4,7-8H2,1-2H3,(H2,18,19,20,22,24). The summed E-state index contributed by atoms with van der Waals surface area (Å²) in [6.45, 7) is 4.64. The molecule has 0 saturated carbocycles. The van der Waals surface area contributed by atoms with Gasteiger partial charge in [-0.3, -0.25) is 10.1 Å². The number of fused-ring (bicyclic) bond motifs is 3. The fourth-order valence-electron chi connectivity index (χ4n) is 3.10. The predicted molar refractivity (Wildman–Crippen MR) is 101 cm³/mol. The van der Waals surface area contributed by atoms with E-state index in [-0.39, 0.29) is 22.7 Å². The lowest BCUT2D eigenvalue weighted by Gasteiger charge is -2.15. The summed E-state index contributed by atoms with van der Waals surface area (Å²) in [5, 5.41) is 11.3. The molecule has 3 aromatic rings. The molecule has 2 aromatic heterocycles. The van der Waals surface area contributed by atoms with E-state index in [1.807, 2.05) is 0 Å². The number of nitrogens with one attached hydrogen (secondary N) is 2. The Kier molecular flexibility index (Phi) is 4.31. The zero-order chi connectivity index (χ0) is 19.2. The maximum Gasteiger partial charge on any atom is 0.251 e. The third kappa shape index (κ3) is 3.15. The first kappa shape index (κ1) is 17.8. The van der Waals surface area contributed by atoms with Gasteiger partial charge < -0.3 is 4.98 Å². The molecule has 0 spiro atoms. The largest absolute Gasteiger partial charge is 0.338 e. The predicted octanol–water partition coefficient (Wildman–Crippen LogP) is 1.89. The molecule has 1 aromatic carbocycles. The molecule has 10 heteroatoms. The molecule has 1 saturated heterocycles. The lowest BCUT2D eigenvalue weighted by atomic mass is 10.2. The van der Waals surface area contributed by atoms with Gasteiger partial charge in [0.1, 0.15) is 5.52 Å². The molecule has 2 N–H and O–H groups in total. The Morgan fingerprint density at radius 1 is 1.22 bits per heavy atom. The van der Waals surface area contributed by atoms with Crippen LogP contribution in [0.3, 0.4) is 0 Å². The van der Waals surface area contributed by atoms with Gasteiger partial charge in [-0.2, -0.15) is 9.29 Å². The van der Waals surface area contributed by atoms with Gasteiger partial charge in [0.15, 0.2) is 5.65 Å². The minimum atomic E-state index is -3.52. The summed E-state index contributed by atoms with van der Waals surface area (Å²) in [4.78, 5) is 19.4. The normalized spacial score (nSPS) is 15.8. The van der Waals surface area contributed by atoms with Crippen LogP contribution in [0.5, 0.6) is 0 Å². The first-order valence-electron chi connectivity index (χ1n) is 8.83. The zero-order valence-corrected chi connectivity index (χ0v) is 15.9. The zero-order valence-electron chi connectivity index (χ0n) is 15.1. The van der Waals surface area contributed by atoms with Crippen molar-refractivity contribution >= 4 is 43.9 Å². The van der Waals surface area contributed by atoms with Crippen LogP contribution in [0.25, 0.3) is 22.1 Å². The number of amides is 1. The van der Waals surface area contributed by atoms with Crippen molar-refractivity contribution in [1.82, 2.24) is 24.5 Å². The van der Waals surface area contributed by atoms with Crippen molar-refractivity contribution in [2.24, 2.45) is 5.92 Å². The number of carbonyl (C=O) groups excluding carboxylic acids is 1. The van der Waals surface area contributed by atoms with Gasteiger partial charge in [0.2, 0.25) is 15.9 Å². The third-order valence-electron chi connectivity index (χ3n) is 4.65. The SMILES string of the molecule is CC(C)C(=O)Nc1nnc2c(n1)[nH]c1ccc(S(=O)(=O)N3CCCC3)cc12. The highest BCUT2D eigenvalue weighted by Crippen LogP contribution is 2.28. The molecular formula is C17H20N6O3S. The van der Waals surface area contributed by atoms with Crippen molar-refractivity contribution in [2.75, 3.05) is 18.4 Å². The average Bonchev–Trinajstić information content (AvgIpc) is 3.28. The quantitative estimate of drug-likeness (QED) is 0.704. The van der Waals surface area contributed by atoms with Gasteiger partial charge in [-0.15, -0.1) is 10.2 Å². The molecule has 3 heterocycles. The molecule has 4 rings (SSSR count). The Hall–Kier alpha value is -2.59. The van der Waals surface area contributed by atoms with Gasteiger partial charge in [0.25, 0.3) is 5.95 Å². The third-order valence-corrected chi connectivity index (χ3v) is 6.54. The van der Waals surface area contributed by atoms with Crippen molar-refractivity contribution < 1.29 is 13.2 Å². The molecule has 0 radical (unpaired) electrons. The average molecular weight is 388 g/mol. The van der Waals surface area contributed by atoms with E-state index in [1.54, 1.807) is 32.0 Å². The van der Waals surface area contributed by atoms with Crippen LogP contribution in [-0.2, 0) is 14.8 Å². The van der Waals surface area contributed by atoms with Crippen LogP contribution < -0.4 is 5.32 Å². The summed E-state index contributed by atoms with van der Waals surface area (Å²) in [5.41, 5.74) is 1.61. The Bertz CT molecular complexity index is 1130. The smallest absolute Gasteiger partial charge is 0.251 e. The minimum Gasteiger partial charge on any atom is -0.338 e. The molecule has 142 valence electrons. The summed E-state index contributed by atoms with van der Waals surface area (Å²) < 4.78 is 27.1. The number of carbonyl (C=O) groups is 1. The fourth-order valence-corrected chi connectivity index (χ4v) is 4.64. The second-order valence-electron chi connectivity index (χ2n) is 6.92. The summed E-state index contributed by atoms with van der Waals surface area (Å²) in [6.07, 6.45) is 1.77. The number of benzene rings is 1. The van der Waals surface area contributed by atoms with Crippen LogP contribution in [0.1, 0.15) is 26.7 Å². The van der Waals surface area contributed by atoms with Crippen LogP contribution in [0, 0.1) is 5.92 Å². The first-order chi connectivity index (χ1) is 12.9. The number of sulfonamides is 1. The number of H-pyrrole nitrogens is 1. The number of aromatic nitrogens is 4. The van der Waals surface area contributed by atoms with Crippen molar-refractivity contribution in [1.29, 1.82) is 0 Å². The number of anilines is 1. The van der Waals surface area contributed by atoms with Gasteiger partial charge in [0, 0.05) is 29.9 Å². The summed E-state index contributed by atoms with van der Waals surface area (Å²) in [5.74, 6) is -0.297. The first-order valence-corrected chi connectivity index (χ1v) is 10.3. The minimum absolute atomic E-state index is 0.109. The highest BCUT2D eigenvalue weighted by Gasteiger charge is 2.27. The Labute approximate surface area is 156 Å². The lowest BCUT2D eigenvalue weighted by Crippen LogP contribution is -2.27. The van der Waals surface area contributed by atoms with Crippen LogP contribution in [0.2, 0.25) is 0 Å². The van der Waals surface area contributed by atoms with Crippen molar-refractivity contribution in [3.63, 3.8) is 0 Å². The van der Waals surface area contributed by atoms with E-state index in [0.29, 0.717) is 35.2 Å². The Morgan fingerprint density at radius 3 is 2.67 bits per heavy atom. The second-order valence-corrected chi connectivity index (χ2v) is 8.86. The number of hydrogen-bond acceptors (Lipinski definition) is 6. The Balaban J connectivity index is 1.75. The maximum absolute atomic E-state index is 12.8.